The zero-order valence-electron chi connectivity index (χ0n) is 14.8. The molecule has 0 bridgehead atoms. The van der Waals surface area contributed by atoms with Gasteiger partial charge in [0.1, 0.15) is 0 Å². The highest BCUT2D eigenvalue weighted by Crippen LogP contribution is 2.34. The van der Waals surface area contributed by atoms with Gasteiger partial charge in [-0.2, -0.15) is 0 Å². The van der Waals surface area contributed by atoms with E-state index in [2.05, 4.69) is 10.0 Å². The SMILES string of the molecule is CS(=O)(=O)Nc1ccc(Nc2c3ccccc3nc3cc(Cl)ccc23)cc1.Cl. The van der Waals surface area contributed by atoms with E-state index in [4.69, 9.17) is 16.6 Å². The zero-order valence-corrected chi connectivity index (χ0v) is 17.2. The number of hydrogen-bond acceptors (Lipinski definition) is 4. The summed E-state index contributed by atoms with van der Waals surface area (Å²) in [6, 6.07) is 20.6. The lowest BCUT2D eigenvalue weighted by atomic mass is 10.1. The van der Waals surface area contributed by atoms with E-state index < -0.39 is 10.0 Å². The number of rotatable bonds is 4. The molecule has 0 atom stereocenters. The normalized spacial score (nSPS) is 11.2. The highest BCUT2D eigenvalue weighted by Gasteiger charge is 2.10. The third kappa shape index (κ3) is 4.30. The molecule has 0 radical (unpaired) electrons. The summed E-state index contributed by atoms with van der Waals surface area (Å²) in [5, 5.41) is 6.02. The van der Waals surface area contributed by atoms with E-state index in [1.54, 1.807) is 12.1 Å². The van der Waals surface area contributed by atoms with Gasteiger partial charge in [0, 0.05) is 27.2 Å². The van der Waals surface area contributed by atoms with Crippen molar-refractivity contribution in [1.29, 1.82) is 0 Å². The Balaban J connectivity index is 0.00000225. The molecule has 144 valence electrons. The van der Waals surface area contributed by atoms with E-state index in [0.29, 0.717) is 10.7 Å². The van der Waals surface area contributed by atoms with Crippen LogP contribution in [0.4, 0.5) is 17.1 Å². The molecule has 3 aromatic carbocycles. The van der Waals surface area contributed by atoms with Crippen LogP contribution in [0.5, 0.6) is 0 Å². The van der Waals surface area contributed by atoms with Gasteiger partial charge in [0.25, 0.3) is 0 Å². The van der Waals surface area contributed by atoms with E-state index in [9.17, 15) is 8.42 Å². The van der Waals surface area contributed by atoms with Gasteiger partial charge >= 0.3 is 0 Å². The third-order valence-electron chi connectivity index (χ3n) is 4.10. The van der Waals surface area contributed by atoms with E-state index in [1.165, 1.54) is 0 Å². The van der Waals surface area contributed by atoms with Crippen LogP contribution in [0.15, 0.2) is 66.7 Å². The number of halogens is 2. The molecule has 0 saturated heterocycles. The largest absolute Gasteiger partial charge is 0.354 e. The number of fused-ring (bicyclic) bond motifs is 2. The molecular weight excluding hydrogens is 417 g/mol. The Morgan fingerprint density at radius 3 is 2.21 bits per heavy atom. The maximum atomic E-state index is 11.4. The Hall–Kier alpha value is -2.54. The summed E-state index contributed by atoms with van der Waals surface area (Å²) in [7, 11) is -3.30. The van der Waals surface area contributed by atoms with E-state index in [0.717, 1.165) is 39.4 Å². The standard InChI is InChI=1S/C20H16ClN3O2S.ClH/c1-27(25,26)24-15-9-7-14(8-10-15)22-20-16-4-2-3-5-18(16)23-19-12-13(21)6-11-17(19)20;/h2-12,24H,1H3,(H,22,23);1H. The monoisotopic (exact) mass is 433 g/mol. The summed E-state index contributed by atoms with van der Waals surface area (Å²) in [6.45, 7) is 0. The highest BCUT2D eigenvalue weighted by atomic mass is 35.5. The van der Waals surface area contributed by atoms with Crippen molar-refractivity contribution in [3.63, 3.8) is 0 Å². The first-order valence-corrected chi connectivity index (χ1v) is 10.5. The number of pyridine rings is 1. The van der Waals surface area contributed by atoms with Gasteiger partial charge in [-0.3, -0.25) is 4.72 Å². The molecule has 28 heavy (non-hydrogen) atoms. The van der Waals surface area contributed by atoms with Gasteiger partial charge < -0.3 is 5.32 Å². The Labute approximate surface area is 174 Å². The number of para-hydroxylation sites is 1. The summed E-state index contributed by atoms with van der Waals surface area (Å²) >= 11 is 6.14. The van der Waals surface area contributed by atoms with Crippen molar-refractivity contribution in [2.24, 2.45) is 0 Å². The molecule has 0 saturated carbocycles. The second-order valence-corrected chi connectivity index (χ2v) is 8.43. The molecule has 0 fully saturated rings. The fraction of sp³-hybridized carbons (Fsp3) is 0.0500. The quantitative estimate of drug-likeness (QED) is 0.412. The average Bonchev–Trinajstić information content (AvgIpc) is 2.61. The summed E-state index contributed by atoms with van der Waals surface area (Å²) in [6.07, 6.45) is 1.12. The molecule has 0 unspecified atom stereocenters. The first kappa shape index (κ1) is 20.2. The Morgan fingerprint density at radius 2 is 1.50 bits per heavy atom. The van der Waals surface area contributed by atoms with Crippen LogP contribution in [-0.2, 0) is 10.0 Å². The molecule has 4 aromatic rings. The van der Waals surface area contributed by atoms with Gasteiger partial charge in [-0.1, -0.05) is 29.8 Å². The molecule has 0 amide bonds. The molecule has 1 aromatic heterocycles. The predicted molar refractivity (Wildman–Crippen MR) is 120 cm³/mol. The molecule has 1 heterocycles. The number of hydrogen-bond donors (Lipinski definition) is 2. The Kier molecular flexibility index (Phi) is 5.65. The van der Waals surface area contributed by atoms with Gasteiger partial charge in [0.05, 0.1) is 23.0 Å². The molecule has 0 aliphatic rings. The maximum Gasteiger partial charge on any atom is 0.229 e. The second kappa shape index (κ2) is 7.83. The average molecular weight is 434 g/mol. The molecule has 5 nitrogen and oxygen atoms in total. The van der Waals surface area contributed by atoms with Crippen molar-refractivity contribution in [3.8, 4) is 0 Å². The molecule has 2 N–H and O–H groups in total. The lowest BCUT2D eigenvalue weighted by molar-refractivity contribution is 0.607. The lowest BCUT2D eigenvalue weighted by Crippen LogP contribution is -2.09. The number of nitrogens with zero attached hydrogens (tertiary/aromatic N) is 1. The van der Waals surface area contributed by atoms with Crippen LogP contribution in [0.2, 0.25) is 5.02 Å². The van der Waals surface area contributed by atoms with Crippen molar-refractivity contribution in [2.75, 3.05) is 16.3 Å². The van der Waals surface area contributed by atoms with Gasteiger partial charge in [-0.15, -0.1) is 12.4 Å². The summed E-state index contributed by atoms with van der Waals surface area (Å²) in [5.41, 5.74) is 3.95. The number of nitrogens with one attached hydrogen (secondary N) is 2. The van der Waals surface area contributed by atoms with E-state index in [1.807, 2.05) is 54.6 Å². The van der Waals surface area contributed by atoms with Gasteiger partial charge in [-0.05, 0) is 48.5 Å². The van der Waals surface area contributed by atoms with Crippen molar-refractivity contribution >= 4 is 72.9 Å². The van der Waals surface area contributed by atoms with Crippen LogP contribution in [-0.4, -0.2) is 19.7 Å². The van der Waals surface area contributed by atoms with Crippen LogP contribution >= 0.6 is 24.0 Å². The van der Waals surface area contributed by atoms with E-state index >= 15 is 0 Å². The van der Waals surface area contributed by atoms with Crippen LogP contribution in [0, 0.1) is 0 Å². The zero-order chi connectivity index (χ0) is 19.0. The number of benzene rings is 3. The first-order valence-electron chi connectivity index (χ1n) is 8.22. The van der Waals surface area contributed by atoms with Gasteiger partial charge in [0.15, 0.2) is 0 Å². The highest BCUT2D eigenvalue weighted by molar-refractivity contribution is 7.92. The summed E-state index contributed by atoms with van der Waals surface area (Å²) < 4.78 is 25.2. The summed E-state index contributed by atoms with van der Waals surface area (Å²) in [4.78, 5) is 4.69. The Morgan fingerprint density at radius 1 is 0.857 bits per heavy atom. The Bertz CT molecular complexity index is 1260. The number of sulfonamides is 1. The van der Waals surface area contributed by atoms with Crippen LogP contribution in [0.1, 0.15) is 0 Å². The van der Waals surface area contributed by atoms with Crippen molar-refractivity contribution in [2.45, 2.75) is 0 Å². The van der Waals surface area contributed by atoms with Gasteiger partial charge in [-0.25, -0.2) is 13.4 Å². The van der Waals surface area contributed by atoms with Crippen molar-refractivity contribution < 1.29 is 8.42 Å². The molecule has 4 rings (SSSR count). The minimum atomic E-state index is -3.30. The topological polar surface area (TPSA) is 71.1 Å². The molecular formula is C20H17Cl2N3O2S. The number of aromatic nitrogens is 1. The maximum absolute atomic E-state index is 11.4. The molecule has 8 heteroatoms. The minimum absolute atomic E-state index is 0. The summed E-state index contributed by atoms with van der Waals surface area (Å²) in [5.74, 6) is 0. The van der Waals surface area contributed by atoms with Crippen LogP contribution in [0.3, 0.4) is 0 Å². The third-order valence-corrected chi connectivity index (χ3v) is 4.94. The predicted octanol–water partition coefficient (Wildman–Crippen LogP) is 5.58. The van der Waals surface area contributed by atoms with E-state index in [-0.39, 0.29) is 12.4 Å². The molecule has 0 aliphatic heterocycles. The minimum Gasteiger partial charge on any atom is -0.354 e. The van der Waals surface area contributed by atoms with Crippen LogP contribution < -0.4 is 10.0 Å². The molecule has 0 aliphatic carbocycles. The molecule has 0 spiro atoms. The van der Waals surface area contributed by atoms with Crippen LogP contribution in [0.25, 0.3) is 21.8 Å². The first-order chi connectivity index (χ1) is 12.9. The smallest absolute Gasteiger partial charge is 0.229 e. The fourth-order valence-corrected chi connectivity index (χ4v) is 3.71. The van der Waals surface area contributed by atoms with Crippen molar-refractivity contribution in [3.05, 3.63) is 71.8 Å². The van der Waals surface area contributed by atoms with Crippen molar-refractivity contribution in [1.82, 2.24) is 4.98 Å². The lowest BCUT2D eigenvalue weighted by Gasteiger charge is -2.14. The van der Waals surface area contributed by atoms with Gasteiger partial charge in [0.2, 0.25) is 10.0 Å². The fourth-order valence-electron chi connectivity index (χ4n) is 2.98. The number of anilines is 3. The second-order valence-electron chi connectivity index (χ2n) is 6.24.